The molecule has 0 fully saturated rings. The summed E-state index contributed by atoms with van der Waals surface area (Å²) in [5.41, 5.74) is 1.11. The molecule has 3 heteroatoms. The predicted molar refractivity (Wildman–Crippen MR) is 50.6 cm³/mol. The monoisotopic (exact) mass is 181 g/mol. The normalized spacial score (nSPS) is 9.09. The van der Waals surface area contributed by atoms with Crippen LogP contribution in [0.4, 0.5) is 0 Å². The van der Waals surface area contributed by atoms with Crippen LogP contribution in [-0.2, 0) is 5.75 Å². The third-order valence-corrected chi connectivity index (χ3v) is 2.30. The van der Waals surface area contributed by atoms with Gasteiger partial charge in [0.15, 0.2) is 0 Å². The number of nitrogens with zero attached hydrogens (tertiary/aromatic N) is 1. The summed E-state index contributed by atoms with van der Waals surface area (Å²) < 4.78 is 0. The molecular formula is C8H7NS2. The van der Waals surface area contributed by atoms with Crippen molar-refractivity contribution in [2.45, 2.75) is 10.6 Å². The third-order valence-electron chi connectivity index (χ3n) is 1.28. The highest BCUT2D eigenvalue weighted by Crippen LogP contribution is 2.18. The number of benzene rings is 1. The SMILES string of the molecule is N#CSCc1ccccc1S. The van der Waals surface area contributed by atoms with Gasteiger partial charge in [0.2, 0.25) is 0 Å². The van der Waals surface area contributed by atoms with Crippen LogP contribution in [0.15, 0.2) is 29.2 Å². The van der Waals surface area contributed by atoms with E-state index in [-0.39, 0.29) is 0 Å². The van der Waals surface area contributed by atoms with E-state index in [9.17, 15) is 0 Å². The summed E-state index contributed by atoms with van der Waals surface area (Å²) in [4.78, 5) is 0.954. The van der Waals surface area contributed by atoms with E-state index in [0.717, 1.165) is 16.2 Å². The van der Waals surface area contributed by atoms with E-state index in [1.54, 1.807) is 0 Å². The number of rotatable bonds is 2. The zero-order chi connectivity index (χ0) is 8.10. The predicted octanol–water partition coefficient (Wildman–Crippen LogP) is 2.69. The maximum atomic E-state index is 8.31. The van der Waals surface area contributed by atoms with Crippen LogP contribution < -0.4 is 0 Å². The molecule has 0 heterocycles. The van der Waals surface area contributed by atoms with Crippen LogP contribution in [-0.4, -0.2) is 0 Å². The Hall–Kier alpha value is -0.590. The van der Waals surface area contributed by atoms with Gasteiger partial charge < -0.3 is 0 Å². The molecule has 0 aromatic heterocycles. The Morgan fingerprint density at radius 3 is 2.82 bits per heavy atom. The molecule has 0 unspecified atom stereocenters. The highest BCUT2D eigenvalue weighted by atomic mass is 32.2. The quantitative estimate of drug-likeness (QED) is 0.560. The van der Waals surface area contributed by atoms with Crippen LogP contribution in [0, 0.1) is 10.7 Å². The van der Waals surface area contributed by atoms with Gasteiger partial charge in [0, 0.05) is 10.6 Å². The van der Waals surface area contributed by atoms with Crippen molar-refractivity contribution in [2.24, 2.45) is 0 Å². The number of hydrogen-bond acceptors (Lipinski definition) is 3. The van der Waals surface area contributed by atoms with Crippen molar-refractivity contribution in [3.63, 3.8) is 0 Å². The van der Waals surface area contributed by atoms with E-state index in [0.29, 0.717) is 0 Å². The Kier molecular flexibility index (Phi) is 3.34. The fourth-order valence-corrected chi connectivity index (χ4v) is 1.56. The van der Waals surface area contributed by atoms with Crippen LogP contribution >= 0.6 is 24.4 Å². The van der Waals surface area contributed by atoms with Crippen molar-refractivity contribution >= 4 is 24.4 Å². The van der Waals surface area contributed by atoms with Crippen LogP contribution in [0.1, 0.15) is 5.56 Å². The first kappa shape index (κ1) is 8.51. The molecule has 56 valence electrons. The minimum absolute atomic E-state index is 0.718. The molecule has 0 saturated heterocycles. The molecule has 0 atom stereocenters. The Morgan fingerprint density at radius 1 is 1.45 bits per heavy atom. The van der Waals surface area contributed by atoms with Crippen molar-refractivity contribution in [1.29, 1.82) is 5.26 Å². The number of thiol groups is 1. The van der Waals surface area contributed by atoms with Gasteiger partial charge in [0.25, 0.3) is 0 Å². The largest absolute Gasteiger partial charge is 0.185 e. The topological polar surface area (TPSA) is 23.8 Å². The fraction of sp³-hybridized carbons (Fsp3) is 0.125. The second-order valence-electron chi connectivity index (χ2n) is 2.01. The molecule has 0 aliphatic heterocycles. The summed E-state index contributed by atoms with van der Waals surface area (Å²) in [6.45, 7) is 0. The summed E-state index contributed by atoms with van der Waals surface area (Å²) in [6.07, 6.45) is 0. The molecule has 0 bridgehead atoms. The molecule has 0 amide bonds. The first-order chi connectivity index (χ1) is 5.34. The summed E-state index contributed by atoms with van der Waals surface area (Å²) in [7, 11) is 0. The Bertz CT molecular complexity index is 278. The lowest BCUT2D eigenvalue weighted by atomic mass is 10.2. The molecule has 1 nitrogen and oxygen atoms in total. The number of hydrogen-bond donors (Lipinski definition) is 1. The van der Waals surface area contributed by atoms with Gasteiger partial charge in [-0.3, -0.25) is 0 Å². The first-order valence-electron chi connectivity index (χ1n) is 3.12. The molecule has 0 aliphatic rings. The summed E-state index contributed by atoms with van der Waals surface area (Å²) in [6, 6.07) is 7.79. The minimum Gasteiger partial charge on any atom is -0.185 e. The highest BCUT2D eigenvalue weighted by Gasteiger charge is 1.95. The van der Waals surface area contributed by atoms with E-state index in [4.69, 9.17) is 5.26 Å². The Morgan fingerprint density at radius 2 is 2.18 bits per heavy atom. The van der Waals surface area contributed by atoms with Crippen LogP contribution in [0.2, 0.25) is 0 Å². The summed E-state index contributed by atoms with van der Waals surface area (Å²) in [5, 5.41) is 10.3. The van der Waals surface area contributed by atoms with Gasteiger partial charge in [-0.15, -0.1) is 12.6 Å². The molecule has 1 rings (SSSR count). The van der Waals surface area contributed by atoms with Gasteiger partial charge in [-0.25, -0.2) is 0 Å². The van der Waals surface area contributed by atoms with Crippen molar-refractivity contribution in [1.82, 2.24) is 0 Å². The average Bonchev–Trinajstić information content (AvgIpc) is 2.03. The molecule has 1 aromatic carbocycles. The van der Waals surface area contributed by atoms with Gasteiger partial charge >= 0.3 is 0 Å². The average molecular weight is 181 g/mol. The molecule has 0 spiro atoms. The minimum atomic E-state index is 0.718. The van der Waals surface area contributed by atoms with Gasteiger partial charge in [-0.05, 0) is 23.4 Å². The number of thioether (sulfide) groups is 1. The smallest absolute Gasteiger partial charge is 0.133 e. The van der Waals surface area contributed by atoms with Gasteiger partial charge in [0.05, 0.1) is 0 Å². The van der Waals surface area contributed by atoms with E-state index < -0.39 is 0 Å². The molecule has 0 saturated carbocycles. The summed E-state index contributed by atoms with van der Waals surface area (Å²) in [5.74, 6) is 0.718. The highest BCUT2D eigenvalue weighted by molar-refractivity contribution is 8.03. The second kappa shape index (κ2) is 4.32. The van der Waals surface area contributed by atoms with E-state index in [1.807, 2.05) is 29.7 Å². The maximum absolute atomic E-state index is 8.31. The Balaban J connectivity index is 2.71. The lowest BCUT2D eigenvalue weighted by molar-refractivity contribution is 1.28. The zero-order valence-electron chi connectivity index (χ0n) is 5.82. The van der Waals surface area contributed by atoms with Crippen molar-refractivity contribution in [2.75, 3.05) is 0 Å². The van der Waals surface area contributed by atoms with Crippen LogP contribution in [0.5, 0.6) is 0 Å². The van der Waals surface area contributed by atoms with Crippen molar-refractivity contribution in [3.8, 4) is 5.40 Å². The zero-order valence-corrected chi connectivity index (χ0v) is 7.53. The molecule has 0 aliphatic carbocycles. The molecular weight excluding hydrogens is 174 g/mol. The van der Waals surface area contributed by atoms with Crippen LogP contribution in [0.3, 0.4) is 0 Å². The lowest BCUT2D eigenvalue weighted by Gasteiger charge is -1.98. The molecule has 0 radical (unpaired) electrons. The Labute approximate surface area is 75.8 Å². The van der Waals surface area contributed by atoms with Gasteiger partial charge in [-0.1, -0.05) is 18.2 Å². The van der Waals surface area contributed by atoms with E-state index in [2.05, 4.69) is 12.6 Å². The van der Waals surface area contributed by atoms with Crippen molar-refractivity contribution in [3.05, 3.63) is 29.8 Å². The fourth-order valence-electron chi connectivity index (χ4n) is 0.743. The molecule has 11 heavy (non-hydrogen) atoms. The second-order valence-corrected chi connectivity index (χ2v) is 3.25. The van der Waals surface area contributed by atoms with E-state index >= 15 is 0 Å². The summed E-state index contributed by atoms with van der Waals surface area (Å²) >= 11 is 5.48. The molecule has 1 aromatic rings. The van der Waals surface area contributed by atoms with E-state index in [1.165, 1.54) is 11.8 Å². The third kappa shape index (κ3) is 2.49. The number of nitriles is 1. The van der Waals surface area contributed by atoms with Crippen molar-refractivity contribution < 1.29 is 0 Å². The number of thiocyanates is 1. The standard InChI is InChI=1S/C8H7NS2/c9-6-11-5-7-3-1-2-4-8(7)10/h1-4,10H,5H2. The van der Waals surface area contributed by atoms with Crippen LogP contribution in [0.25, 0.3) is 0 Å². The van der Waals surface area contributed by atoms with Gasteiger partial charge in [0.1, 0.15) is 5.40 Å². The lowest BCUT2D eigenvalue weighted by Crippen LogP contribution is -1.79. The maximum Gasteiger partial charge on any atom is 0.133 e. The van der Waals surface area contributed by atoms with Gasteiger partial charge in [-0.2, -0.15) is 5.26 Å². The molecule has 0 N–H and O–H groups in total. The first-order valence-corrected chi connectivity index (χ1v) is 4.55.